The van der Waals surface area contributed by atoms with Crippen LogP contribution in [0.3, 0.4) is 0 Å². The molecule has 1 amide bonds. The number of carbonyl (C=O) groups is 1. The topological polar surface area (TPSA) is 41.1 Å². The normalized spacial score (nSPS) is 13.0. The molecule has 0 spiro atoms. The van der Waals surface area contributed by atoms with E-state index in [1.807, 2.05) is 37.3 Å². The number of anilines is 1. The number of rotatable bonds is 9. The first-order chi connectivity index (χ1) is 9.94. The third-order valence-electron chi connectivity index (χ3n) is 3.78. The highest BCUT2D eigenvalue weighted by molar-refractivity contribution is 5.94. The average Bonchev–Trinajstić information content (AvgIpc) is 2.46. The van der Waals surface area contributed by atoms with Crippen LogP contribution in [0.5, 0.6) is 0 Å². The second kappa shape index (κ2) is 8.83. The van der Waals surface area contributed by atoms with Crippen LogP contribution in [0.25, 0.3) is 0 Å². The summed E-state index contributed by atoms with van der Waals surface area (Å²) in [7, 11) is 0. The maximum absolute atomic E-state index is 12.1. The molecule has 1 aromatic carbocycles. The molecule has 1 atom stereocenters. The fraction of sp³-hybridized carbons (Fsp3) is 0.611. The molecule has 1 aromatic rings. The van der Waals surface area contributed by atoms with Crippen molar-refractivity contribution in [3.63, 3.8) is 0 Å². The first kappa shape index (κ1) is 17.7. The second-order valence-corrected chi connectivity index (χ2v) is 6.58. The summed E-state index contributed by atoms with van der Waals surface area (Å²) in [5.41, 5.74) is 1.08. The molecule has 0 saturated carbocycles. The predicted octanol–water partition coefficient (Wildman–Crippen LogP) is 4.21. The molecule has 118 valence electrons. The highest BCUT2D eigenvalue weighted by Gasteiger charge is 2.20. The van der Waals surface area contributed by atoms with E-state index in [1.165, 1.54) is 25.7 Å². The SMILES string of the molecule is CCCCCC(C)(C)CNC(C)C(=O)Nc1ccccc1. The van der Waals surface area contributed by atoms with Gasteiger partial charge in [-0.25, -0.2) is 0 Å². The zero-order valence-electron chi connectivity index (χ0n) is 13.9. The summed E-state index contributed by atoms with van der Waals surface area (Å²) < 4.78 is 0. The van der Waals surface area contributed by atoms with Crippen LogP contribution in [0.15, 0.2) is 30.3 Å². The minimum absolute atomic E-state index is 0.0190. The quantitative estimate of drug-likeness (QED) is 0.669. The van der Waals surface area contributed by atoms with E-state index in [0.717, 1.165) is 12.2 Å². The van der Waals surface area contributed by atoms with Crippen LogP contribution in [0.1, 0.15) is 53.4 Å². The molecule has 0 radical (unpaired) electrons. The van der Waals surface area contributed by atoms with Gasteiger partial charge in [-0.2, -0.15) is 0 Å². The van der Waals surface area contributed by atoms with Gasteiger partial charge in [0.1, 0.15) is 0 Å². The molecule has 0 fully saturated rings. The Morgan fingerprint density at radius 3 is 2.48 bits per heavy atom. The summed E-state index contributed by atoms with van der Waals surface area (Å²) in [5, 5.41) is 6.29. The first-order valence-corrected chi connectivity index (χ1v) is 8.04. The van der Waals surface area contributed by atoms with Crippen LogP contribution >= 0.6 is 0 Å². The molecule has 0 bridgehead atoms. The van der Waals surface area contributed by atoms with E-state index >= 15 is 0 Å². The summed E-state index contributed by atoms with van der Waals surface area (Å²) in [5.74, 6) is 0.0190. The number of amides is 1. The number of benzene rings is 1. The number of hydrogen-bond donors (Lipinski definition) is 2. The van der Waals surface area contributed by atoms with Crippen LogP contribution in [0.4, 0.5) is 5.69 Å². The van der Waals surface area contributed by atoms with Crippen LogP contribution in [0, 0.1) is 5.41 Å². The minimum Gasteiger partial charge on any atom is -0.325 e. The number of unbranched alkanes of at least 4 members (excludes halogenated alkanes) is 2. The lowest BCUT2D eigenvalue weighted by Crippen LogP contribution is -2.42. The lowest BCUT2D eigenvalue weighted by atomic mass is 9.86. The minimum atomic E-state index is -0.185. The lowest BCUT2D eigenvalue weighted by molar-refractivity contribution is -0.117. The smallest absolute Gasteiger partial charge is 0.241 e. The average molecular weight is 290 g/mol. The van der Waals surface area contributed by atoms with Gasteiger partial charge in [-0.3, -0.25) is 4.79 Å². The number of carbonyl (C=O) groups excluding carboxylic acids is 1. The third-order valence-corrected chi connectivity index (χ3v) is 3.78. The van der Waals surface area contributed by atoms with E-state index in [1.54, 1.807) is 0 Å². The van der Waals surface area contributed by atoms with Crippen molar-refractivity contribution in [1.29, 1.82) is 0 Å². The second-order valence-electron chi connectivity index (χ2n) is 6.58. The summed E-state index contributed by atoms with van der Waals surface area (Å²) >= 11 is 0. The van der Waals surface area contributed by atoms with Gasteiger partial charge >= 0.3 is 0 Å². The lowest BCUT2D eigenvalue weighted by Gasteiger charge is -2.27. The molecular weight excluding hydrogens is 260 g/mol. The Morgan fingerprint density at radius 2 is 1.86 bits per heavy atom. The van der Waals surface area contributed by atoms with E-state index in [0.29, 0.717) is 0 Å². The van der Waals surface area contributed by atoms with Crippen LogP contribution < -0.4 is 10.6 Å². The molecule has 3 nitrogen and oxygen atoms in total. The van der Waals surface area contributed by atoms with E-state index in [-0.39, 0.29) is 17.4 Å². The van der Waals surface area contributed by atoms with Gasteiger partial charge < -0.3 is 10.6 Å². The first-order valence-electron chi connectivity index (χ1n) is 8.04. The Morgan fingerprint density at radius 1 is 1.19 bits per heavy atom. The number of para-hydroxylation sites is 1. The van der Waals surface area contributed by atoms with Crippen LogP contribution in [0.2, 0.25) is 0 Å². The van der Waals surface area contributed by atoms with Crippen molar-refractivity contribution in [1.82, 2.24) is 5.32 Å². The monoisotopic (exact) mass is 290 g/mol. The van der Waals surface area contributed by atoms with E-state index in [4.69, 9.17) is 0 Å². The highest BCUT2D eigenvalue weighted by atomic mass is 16.2. The number of nitrogens with one attached hydrogen (secondary N) is 2. The predicted molar refractivity (Wildman–Crippen MR) is 90.5 cm³/mol. The van der Waals surface area contributed by atoms with Gasteiger partial charge in [0.2, 0.25) is 5.91 Å². The van der Waals surface area contributed by atoms with Crippen molar-refractivity contribution >= 4 is 11.6 Å². The fourth-order valence-electron chi connectivity index (χ4n) is 2.24. The zero-order chi connectivity index (χ0) is 15.7. The van der Waals surface area contributed by atoms with Gasteiger partial charge in [0, 0.05) is 12.2 Å². The summed E-state index contributed by atoms with van der Waals surface area (Å²) in [4.78, 5) is 12.1. The summed E-state index contributed by atoms with van der Waals surface area (Å²) in [6, 6.07) is 9.40. The van der Waals surface area contributed by atoms with Gasteiger partial charge in [-0.05, 0) is 30.9 Å². The standard InChI is InChI=1S/C18H30N2O/c1-5-6-10-13-18(3,4)14-19-15(2)17(21)20-16-11-8-7-9-12-16/h7-9,11-12,15,19H,5-6,10,13-14H2,1-4H3,(H,20,21). The van der Waals surface area contributed by atoms with Gasteiger partial charge in [-0.15, -0.1) is 0 Å². The van der Waals surface area contributed by atoms with Crippen LogP contribution in [-0.4, -0.2) is 18.5 Å². The van der Waals surface area contributed by atoms with Gasteiger partial charge in [0.25, 0.3) is 0 Å². The van der Waals surface area contributed by atoms with E-state index < -0.39 is 0 Å². The Bertz CT molecular complexity index is 414. The zero-order valence-corrected chi connectivity index (χ0v) is 13.9. The van der Waals surface area contributed by atoms with Gasteiger partial charge in [0.05, 0.1) is 6.04 Å². The molecule has 0 aliphatic heterocycles. The highest BCUT2D eigenvalue weighted by Crippen LogP contribution is 2.22. The van der Waals surface area contributed by atoms with Crippen LogP contribution in [-0.2, 0) is 4.79 Å². The van der Waals surface area contributed by atoms with E-state index in [2.05, 4.69) is 31.4 Å². The maximum Gasteiger partial charge on any atom is 0.241 e. The molecule has 21 heavy (non-hydrogen) atoms. The van der Waals surface area contributed by atoms with Gasteiger partial charge in [0.15, 0.2) is 0 Å². The molecule has 1 unspecified atom stereocenters. The summed E-state index contributed by atoms with van der Waals surface area (Å²) in [6.45, 7) is 9.52. The largest absolute Gasteiger partial charge is 0.325 e. The molecular formula is C18H30N2O. The van der Waals surface area contributed by atoms with Crippen molar-refractivity contribution in [2.24, 2.45) is 5.41 Å². The molecule has 0 saturated heterocycles. The molecule has 3 heteroatoms. The number of hydrogen-bond acceptors (Lipinski definition) is 2. The van der Waals surface area contributed by atoms with Crippen molar-refractivity contribution < 1.29 is 4.79 Å². The third kappa shape index (κ3) is 7.28. The molecule has 2 N–H and O–H groups in total. The van der Waals surface area contributed by atoms with Crippen molar-refractivity contribution in [2.45, 2.75) is 59.4 Å². The molecule has 0 aliphatic carbocycles. The maximum atomic E-state index is 12.1. The van der Waals surface area contributed by atoms with Crippen molar-refractivity contribution in [3.8, 4) is 0 Å². The van der Waals surface area contributed by atoms with Crippen molar-refractivity contribution in [3.05, 3.63) is 30.3 Å². The van der Waals surface area contributed by atoms with E-state index in [9.17, 15) is 4.79 Å². The molecule has 0 aromatic heterocycles. The molecule has 0 heterocycles. The Balaban J connectivity index is 2.35. The Kier molecular flexibility index (Phi) is 7.44. The Hall–Kier alpha value is -1.35. The van der Waals surface area contributed by atoms with Gasteiger partial charge in [-0.1, -0.05) is 58.2 Å². The Labute approximate surface area is 129 Å². The molecule has 1 rings (SSSR count). The molecule has 0 aliphatic rings. The fourth-order valence-corrected chi connectivity index (χ4v) is 2.24. The van der Waals surface area contributed by atoms with Crippen molar-refractivity contribution in [2.75, 3.05) is 11.9 Å². The summed E-state index contributed by atoms with van der Waals surface area (Å²) in [6.07, 6.45) is 4.99.